The van der Waals surface area contributed by atoms with Gasteiger partial charge in [0.05, 0.1) is 30.2 Å². The van der Waals surface area contributed by atoms with Crippen molar-refractivity contribution in [3.05, 3.63) is 58.1 Å². The van der Waals surface area contributed by atoms with Gasteiger partial charge in [-0.2, -0.15) is 0 Å². The van der Waals surface area contributed by atoms with E-state index in [4.69, 9.17) is 42.1 Å². The van der Waals surface area contributed by atoms with Gasteiger partial charge in [-0.3, -0.25) is 4.79 Å². The minimum atomic E-state index is -0.533. The fourth-order valence-electron chi connectivity index (χ4n) is 3.50. The Bertz CT molecular complexity index is 902. The van der Waals surface area contributed by atoms with Gasteiger partial charge in [0.15, 0.2) is 0 Å². The zero-order valence-corrected chi connectivity index (χ0v) is 22.5. The van der Waals surface area contributed by atoms with Gasteiger partial charge >= 0.3 is 5.97 Å². The standard InChI is InChI=1S/C27H36Cl2O5/c1-18(2)31-12-7-13-32-23-10-8-21(9-11-23)27(5,6)22-14-19(3)26(25(29)15-22)33-17-24(16-28)34-20(4)30/h8-11,14-15,18,24H,7,12-13,16-17H2,1-6H3. The van der Waals surface area contributed by atoms with Crippen molar-refractivity contribution >= 4 is 29.2 Å². The van der Waals surface area contributed by atoms with Gasteiger partial charge in [0.1, 0.15) is 24.2 Å². The smallest absolute Gasteiger partial charge is 0.303 e. The number of rotatable bonds is 13. The molecule has 0 bridgehead atoms. The summed E-state index contributed by atoms with van der Waals surface area (Å²) in [4.78, 5) is 11.2. The van der Waals surface area contributed by atoms with Crippen LogP contribution in [0.1, 0.15) is 57.7 Å². The van der Waals surface area contributed by atoms with Gasteiger partial charge in [0.25, 0.3) is 0 Å². The fourth-order valence-corrected chi connectivity index (χ4v) is 3.97. The molecule has 2 aromatic rings. The lowest BCUT2D eigenvalue weighted by Crippen LogP contribution is -2.26. The van der Waals surface area contributed by atoms with Gasteiger partial charge in [-0.25, -0.2) is 0 Å². The molecule has 0 radical (unpaired) electrons. The van der Waals surface area contributed by atoms with Gasteiger partial charge in [0.2, 0.25) is 0 Å². The van der Waals surface area contributed by atoms with Crippen LogP contribution in [0.15, 0.2) is 36.4 Å². The highest BCUT2D eigenvalue weighted by atomic mass is 35.5. The van der Waals surface area contributed by atoms with E-state index in [1.165, 1.54) is 6.92 Å². The number of halogens is 2. The molecule has 2 rings (SSSR count). The number of hydrogen-bond acceptors (Lipinski definition) is 5. The lowest BCUT2D eigenvalue weighted by atomic mass is 9.77. The number of aryl methyl sites for hydroxylation is 1. The van der Waals surface area contributed by atoms with Gasteiger partial charge in [0, 0.05) is 18.8 Å². The number of esters is 1. The molecule has 0 fully saturated rings. The summed E-state index contributed by atoms with van der Waals surface area (Å²) < 4.78 is 22.4. The summed E-state index contributed by atoms with van der Waals surface area (Å²) in [5.74, 6) is 1.15. The largest absolute Gasteiger partial charge is 0.494 e. The van der Waals surface area contributed by atoms with Crippen LogP contribution in [0.5, 0.6) is 11.5 Å². The van der Waals surface area contributed by atoms with Crippen LogP contribution in [0.25, 0.3) is 0 Å². The zero-order chi connectivity index (χ0) is 25.3. The molecule has 1 atom stereocenters. The molecule has 0 aromatic heterocycles. The maximum absolute atomic E-state index is 11.2. The topological polar surface area (TPSA) is 54.0 Å². The van der Waals surface area contributed by atoms with Crippen molar-refractivity contribution in [3.8, 4) is 11.5 Å². The van der Waals surface area contributed by atoms with Crippen molar-refractivity contribution in [3.63, 3.8) is 0 Å². The van der Waals surface area contributed by atoms with Crippen LogP contribution >= 0.6 is 23.2 Å². The van der Waals surface area contributed by atoms with E-state index in [0.29, 0.717) is 24.0 Å². The Morgan fingerprint density at radius 1 is 1.03 bits per heavy atom. The number of benzene rings is 2. The predicted molar refractivity (Wildman–Crippen MR) is 138 cm³/mol. The minimum absolute atomic E-state index is 0.136. The summed E-state index contributed by atoms with van der Waals surface area (Å²) in [6.07, 6.45) is 0.557. The Hall–Kier alpha value is -1.95. The van der Waals surface area contributed by atoms with E-state index in [1.807, 2.05) is 39.0 Å². The van der Waals surface area contributed by atoms with E-state index in [-0.39, 0.29) is 24.0 Å². The summed E-state index contributed by atoms with van der Waals surface area (Å²) in [7, 11) is 0. The van der Waals surface area contributed by atoms with Crippen LogP contribution in [0.3, 0.4) is 0 Å². The molecular formula is C27H36Cl2O5. The van der Waals surface area contributed by atoms with Gasteiger partial charge < -0.3 is 18.9 Å². The van der Waals surface area contributed by atoms with Crippen molar-refractivity contribution in [1.82, 2.24) is 0 Å². The summed E-state index contributed by atoms with van der Waals surface area (Å²) in [6.45, 7) is 13.1. The Morgan fingerprint density at radius 3 is 2.26 bits per heavy atom. The third kappa shape index (κ3) is 8.37. The highest BCUT2D eigenvalue weighted by Gasteiger charge is 2.25. The Morgan fingerprint density at radius 2 is 1.71 bits per heavy atom. The Labute approximate surface area is 213 Å². The van der Waals surface area contributed by atoms with Crippen LogP contribution < -0.4 is 9.47 Å². The third-order valence-electron chi connectivity index (χ3n) is 5.45. The zero-order valence-electron chi connectivity index (χ0n) is 21.0. The van der Waals surface area contributed by atoms with Crippen LogP contribution in [0, 0.1) is 6.92 Å². The van der Waals surface area contributed by atoms with E-state index in [0.717, 1.165) is 28.9 Å². The molecule has 0 saturated carbocycles. The molecule has 0 aliphatic carbocycles. The maximum atomic E-state index is 11.2. The first-order chi connectivity index (χ1) is 16.0. The van der Waals surface area contributed by atoms with Gasteiger partial charge in [-0.15, -0.1) is 11.6 Å². The first-order valence-corrected chi connectivity index (χ1v) is 12.5. The van der Waals surface area contributed by atoms with Crippen molar-refractivity contribution in [2.24, 2.45) is 0 Å². The quantitative estimate of drug-likeness (QED) is 0.170. The van der Waals surface area contributed by atoms with E-state index >= 15 is 0 Å². The second-order valence-electron chi connectivity index (χ2n) is 9.07. The van der Waals surface area contributed by atoms with Crippen LogP contribution in [0.4, 0.5) is 0 Å². The molecule has 0 saturated heterocycles. The highest BCUT2D eigenvalue weighted by Crippen LogP contribution is 2.38. The van der Waals surface area contributed by atoms with Crippen molar-refractivity contribution < 1.29 is 23.7 Å². The van der Waals surface area contributed by atoms with E-state index < -0.39 is 12.1 Å². The molecule has 188 valence electrons. The highest BCUT2D eigenvalue weighted by molar-refractivity contribution is 6.32. The first kappa shape index (κ1) is 28.3. The molecular weight excluding hydrogens is 475 g/mol. The average Bonchev–Trinajstić information content (AvgIpc) is 2.77. The molecule has 0 amide bonds. The maximum Gasteiger partial charge on any atom is 0.303 e. The SMILES string of the molecule is CC(=O)OC(CCl)COc1c(C)cc(C(C)(C)c2ccc(OCCCOC(C)C)cc2)cc1Cl. The van der Waals surface area contributed by atoms with E-state index in [2.05, 4.69) is 32.0 Å². The van der Waals surface area contributed by atoms with Crippen LogP contribution in [0.2, 0.25) is 5.02 Å². The van der Waals surface area contributed by atoms with Crippen molar-refractivity contribution in [1.29, 1.82) is 0 Å². The summed E-state index contributed by atoms with van der Waals surface area (Å²) in [5.41, 5.74) is 2.82. The number of carbonyl (C=O) groups is 1. The monoisotopic (exact) mass is 510 g/mol. The summed E-state index contributed by atoms with van der Waals surface area (Å²) in [5, 5.41) is 0.503. The molecule has 0 aliphatic rings. The van der Waals surface area contributed by atoms with Crippen LogP contribution in [-0.2, 0) is 19.7 Å². The number of carbonyl (C=O) groups excluding carboxylic acids is 1. The lowest BCUT2D eigenvalue weighted by molar-refractivity contribution is -0.146. The van der Waals surface area contributed by atoms with Gasteiger partial charge in [-0.05, 0) is 55.7 Å². The van der Waals surface area contributed by atoms with Crippen LogP contribution in [-0.4, -0.2) is 43.9 Å². The average molecular weight is 511 g/mol. The van der Waals surface area contributed by atoms with Crippen molar-refractivity contribution in [2.45, 2.75) is 65.6 Å². The van der Waals surface area contributed by atoms with Crippen molar-refractivity contribution in [2.75, 3.05) is 25.7 Å². The molecule has 0 aliphatic heterocycles. The van der Waals surface area contributed by atoms with Gasteiger partial charge in [-0.1, -0.05) is 43.6 Å². The summed E-state index contributed by atoms with van der Waals surface area (Å²) in [6, 6.07) is 12.1. The Balaban J connectivity index is 2.07. The molecule has 0 spiro atoms. The van der Waals surface area contributed by atoms with E-state index in [9.17, 15) is 4.79 Å². The molecule has 5 nitrogen and oxygen atoms in total. The first-order valence-electron chi connectivity index (χ1n) is 11.6. The number of hydrogen-bond donors (Lipinski definition) is 0. The summed E-state index contributed by atoms with van der Waals surface area (Å²) >= 11 is 12.5. The third-order valence-corrected chi connectivity index (χ3v) is 6.08. The number of alkyl halides is 1. The Kier molecular flexibility index (Phi) is 11.0. The molecule has 7 heteroatoms. The van der Waals surface area contributed by atoms with E-state index in [1.54, 1.807) is 0 Å². The number of ether oxygens (including phenoxy) is 4. The fraction of sp³-hybridized carbons (Fsp3) is 0.519. The molecule has 1 unspecified atom stereocenters. The minimum Gasteiger partial charge on any atom is -0.494 e. The molecule has 0 heterocycles. The molecule has 34 heavy (non-hydrogen) atoms. The molecule has 0 N–H and O–H groups in total. The predicted octanol–water partition coefficient (Wildman–Crippen LogP) is 6.72. The second-order valence-corrected chi connectivity index (χ2v) is 9.79. The second kappa shape index (κ2) is 13.2. The lowest BCUT2D eigenvalue weighted by Gasteiger charge is -2.28. The normalized spacial score (nSPS) is 12.5. The molecule has 2 aromatic carbocycles.